The molecule has 0 aromatic heterocycles. The highest BCUT2D eigenvalue weighted by Gasteiger charge is 1.99. The lowest BCUT2D eigenvalue weighted by atomic mass is 10.1. The molecule has 136 valence electrons. The molecule has 0 aromatic rings. The van der Waals surface area contributed by atoms with Crippen LogP contribution in [0.15, 0.2) is 24.3 Å². The van der Waals surface area contributed by atoms with E-state index in [1.807, 2.05) is 0 Å². The van der Waals surface area contributed by atoms with E-state index in [0.29, 0.717) is 6.61 Å². The smallest absolute Gasteiger partial charge is 0.264 e. The Hall–Kier alpha value is -0.610. The summed E-state index contributed by atoms with van der Waals surface area (Å²) in [5.41, 5.74) is 0. The maximum Gasteiger partial charge on any atom is 0.264 e. The van der Waals surface area contributed by atoms with E-state index >= 15 is 0 Å². The summed E-state index contributed by atoms with van der Waals surface area (Å²) < 4.78 is 26.2. The predicted octanol–water partition coefficient (Wildman–Crippen LogP) is 5.78. The Labute approximate surface area is 144 Å². The SMILES string of the molecule is CCCCC/C=C\CC=CCCCCCCCCOS(C)(=O)=O. The number of rotatable bonds is 16. The molecule has 0 amide bonds. The van der Waals surface area contributed by atoms with Crippen LogP contribution in [0, 0.1) is 0 Å². The molecule has 0 aliphatic carbocycles. The molecule has 3 nitrogen and oxygen atoms in total. The van der Waals surface area contributed by atoms with E-state index < -0.39 is 10.1 Å². The van der Waals surface area contributed by atoms with Gasteiger partial charge in [-0.05, 0) is 38.5 Å². The van der Waals surface area contributed by atoms with E-state index in [1.54, 1.807) is 0 Å². The van der Waals surface area contributed by atoms with E-state index in [-0.39, 0.29) is 0 Å². The molecule has 0 saturated carbocycles. The summed E-state index contributed by atoms with van der Waals surface area (Å²) in [6, 6.07) is 0. The fourth-order valence-electron chi connectivity index (χ4n) is 2.30. The van der Waals surface area contributed by atoms with Crippen LogP contribution in [-0.2, 0) is 14.3 Å². The molecule has 0 N–H and O–H groups in total. The zero-order chi connectivity index (χ0) is 17.2. The third-order valence-corrected chi connectivity index (χ3v) is 4.24. The topological polar surface area (TPSA) is 43.4 Å². The van der Waals surface area contributed by atoms with Crippen molar-refractivity contribution in [3.05, 3.63) is 24.3 Å². The van der Waals surface area contributed by atoms with Crippen LogP contribution in [0.2, 0.25) is 0 Å². The summed E-state index contributed by atoms with van der Waals surface area (Å²) in [7, 11) is -3.26. The summed E-state index contributed by atoms with van der Waals surface area (Å²) in [5.74, 6) is 0. The molecule has 0 radical (unpaired) electrons. The lowest BCUT2D eigenvalue weighted by molar-refractivity contribution is 0.309. The fourth-order valence-corrected chi connectivity index (χ4v) is 2.72. The molecule has 0 aliphatic rings. The van der Waals surface area contributed by atoms with Crippen molar-refractivity contribution < 1.29 is 12.6 Å². The standard InChI is InChI=1S/C19H36O3S/c1-3-4-5-6-7-8-9-10-11-12-13-14-15-16-17-18-19-22-23(2,20)21/h7-8,10-11H,3-6,9,12-19H2,1-2H3/b8-7-,11-10?. The highest BCUT2D eigenvalue weighted by atomic mass is 32.2. The summed E-state index contributed by atoms with van der Waals surface area (Å²) >= 11 is 0. The van der Waals surface area contributed by atoms with Crippen LogP contribution in [0.3, 0.4) is 0 Å². The van der Waals surface area contributed by atoms with Crippen LogP contribution in [0.5, 0.6) is 0 Å². The second-order valence-electron chi connectivity index (χ2n) is 6.11. The van der Waals surface area contributed by atoms with Gasteiger partial charge < -0.3 is 0 Å². The van der Waals surface area contributed by atoms with Crippen molar-refractivity contribution in [1.82, 2.24) is 0 Å². The number of unbranched alkanes of at least 4 members (excludes halogenated alkanes) is 9. The minimum absolute atomic E-state index is 0.327. The van der Waals surface area contributed by atoms with Crippen LogP contribution >= 0.6 is 0 Å². The zero-order valence-corrected chi connectivity index (χ0v) is 16.0. The molecule has 0 saturated heterocycles. The third kappa shape index (κ3) is 21.4. The molecule has 0 unspecified atom stereocenters. The summed E-state index contributed by atoms with van der Waals surface area (Å²) in [6.45, 7) is 2.56. The van der Waals surface area contributed by atoms with Gasteiger partial charge in [-0.2, -0.15) is 8.42 Å². The van der Waals surface area contributed by atoms with Crippen LogP contribution in [0.4, 0.5) is 0 Å². The van der Waals surface area contributed by atoms with Gasteiger partial charge >= 0.3 is 0 Å². The molecule has 0 fully saturated rings. The maximum atomic E-state index is 10.8. The molecule has 0 aliphatic heterocycles. The van der Waals surface area contributed by atoms with Gasteiger partial charge in [0.2, 0.25) is 0 Å². The highest BCUT2D eigenvalue weighted by molar-refractivity contribution is 7.85. The third-order valence-electron chi connectivity index (χ3n) is 3.64. The van der Waals surface area contributed by atoms with Crippen molar-refractivity contribution in [1.29, 1.82) is 0 Å². The average molecular weight is 345 g/mol. The largest absolute Gasteiger partial charge is 0.270 e. The Balaban J connectivity index is 3.22. The van der Waals surface area contributed by atoms with Gasteiger partial charge in [0.15, 0.2) is 0 Å². The van der Waals surface area contributed by atoms with E-state index in [1.165, 1.54) is 51.4 Å². The summed E-state index contributed by atoms with van der Waals surface area (Å²) in [6.07, 6.45) is 24.4. The first-order valence-corrected chi connectivity index (χ1v) is 11.0. The van der Waals surface area contributed by atoms with Crippen molar-refractivity contribution in [2.24, 2.45) is 0 Å². The monoisotopic (exact) mass is 344 g/mol. The Kier molecular flexibility index (Phi) is 15.8. The molecule has 4 heteroatoms. The molecular weight excluding hydrogens is 308 g/mol. The Morgan fingerprint density at radius 2 is 1.26 bits per heavy atom. The number of allylic oxidation sites excluding steroid dienone is 4. The van der Waals surface area contributed by atoms with Gasteiger partial charge in [-0.3, -0.25) is 4.18 Å². The van der Waals surface area contributed by atoms with Crippen LogP contribution in [0.25, 0.3) is 0 Å². The van der Waals surface area contributed by atoms with E-state index in [4.69, 9.17) is 4.18 Å². The van der Waals surface area contributed by atoms with E-state index in [2.05, 4.69) is 31.2 Å². The quantitative estimate of drug-likeness (QED) is 0.203. The summed E-state index contributed by atoms with van der Waals surface area (Å²) in [5, 5.41) is 0. The second kappa shape index (κ2) is 16.3. The second-order valence-corrected chi connectivity index (χ2v) is 7.75. The van der Waals surface area contributed by atoms with Gasteiger partial charge in [0.25, 0.3) is 10.1 Å². The molecule has 0 bridgehead atoms. The maximum absolute atomic E-state index is 10.8. The molecule has 0 spiro atoms. The molecular formula is C19H36O3S. The summed E-state index contributed by atoms with van der Waals surface area (Å²) in [4.78, 5) is 0. The van der Waals surface area contributed by atoms with Crippen molar-refractivity contribution in [2.45, 2.75) is 84.0 Å². The average Bonchev–Trinajstić information content (AvgIpc) is 2.49. The van der Waals surface area contributed by atoms with Crippen LogP contribution in [0.1, 0.15) is 84.0 Å². The molecule has 0 heterocycles. The lowest BCUT2D eigenvalue weighted by Crippen LogP contribution is -2.03. The van der Waals surface area contributed by atoms with Crippen molar-refractivity contribution in [3.63, 3.8) is 0 Å². The van der Waals surface area contributed by atoms with Gasteiger partial charge in [0.1, 0.15) is 0 Å². The normalized spacial score (nSPS) is 12.6. The molecule has 0 rings (SSSR count). The first-order valence-electron chi connectivity index (χ1n) is 9.20. The number of hydrogen-bond donors (Lipinski definition) is 0. The van der Waals surface area contributed by atoms with Gasteiger partial charge in [-0.25, -0.2) is 0 Å². The highest BCUT2D eigenvalue weighted by Crippen LogP contribution is 2.08. The fraction of sp³-hybridized carbons (Fsp3) is 0.789. The molecule has 0 aromatic carbocycles. The van der Waals surface area contributed by atoms with Crippen LogP contribution < -0.4 is 0 Å². The van der Waals surface area contributed by atoms with Crippen molar-refractivity contribution in [2.75, 3.05) is 12.9 Å². The van der Waals surface area contributed by atoms with Gasteiger partial charge in [0, 0.05) is 0 Å². The van der Waals surface area contributed by atoms with Gasteiger partial charge in [-0.15, -0.1) is 0 Å². The lowest BCUT2D eigenvalue weighted by Gasteiger charge is -2.01. The van der Waals surface area contributed by atoms with Crippen molar-refractivity contribution in [3.8, 4) is 0 Å². The number of hydrogen-bond acceptors (Lipinski definition) is 3. The van der Waals surface area contributed by atoms with Gasteiger partial charge in [0.05, 0.1) is 12.9 Å². The first-order chi connectivity index (χ1) is 11.1. The minimum atomic E-state index is -3.26. The van der Waals surface area contributed by atoms with E-state index in [0.717, 1.165) is 31.9 Å². The molecule has 23 heavy (non-hydrogen) atoms. The first kappa shape index (κ1) is 22.4. The van der Waals surface area contributed by atoms with Crippen LogP contribution in [-0.4, -0.2) is 21.3 Å². The Morgan fingerprint density at radius 1 is 0.739 bits per heavy atom. The minimum Gasteiger partial charge on any atom is -0.270 e. The zero-order valence-electron chi connectivity index (χ0n) is 15.1. The predicted molar refractivity (Wildman–Crippen MR) is 100 cm³/mol. The van der Waals surface area contributed by atoms with Gasteiger partial charge in [-0.1, -0.05) is 69.8 Å². The Morgan fingerprint density at radius 3 is 1.83 bits per heavy atom. The van der Waals surface area contributed by atoms with Crippen molar-refractivity contribution >= 4 is 10.1 Å². The molecule has 0 atom stereocenters. The Bertz CT molecular complexity index is 397. The van der Waals surface area contributed by atoms with E-state index in [9.17, 15) is 8.42 Å².